The zero-order valence-electron chi connectivity index (χ0n) is 32.7. The lowest BCUT2D eigenvalue weighted by Gasteiger charge is -2.25. The van der Waals surface area contributed by atoms with Crippen molar-refractivity contribution in [3.63, 3.8) is 0 Å². The molecule has 0 aliphatic carbocycles. The summed E-state index contributed by atoms with van der Waals surface area (Å²) in [5, 5.41) is 26.1. The molecule has 0 heterocycles. The summed E-state index contributed by atoms with van der Waals surface area (Å²) in [6, 6.07) is -1.19. The number of aliphatic carboxylic acids is 2. The van der Waals surface area contributed by atoms with Crippen molar-refractivity contribution in [2.75, 3.05) is 33.0 Å². The number of nitrogens with one attached hydrogen (secondary N) is 3. The summed E-state index contributed by atoms with van der Waals surface area (Å²) in [6.07, 6.45) is 18.8. The smallest absolute Gasteiger partial charge is 0.326 e. The predicted octanol–water partition coefficient (Wildman–Crippen LogP) is 6.10. The Morgan fingerprint density at radius 2 is 1.12 bits per heavy atom. The molecule has 1 unspecified atom stereocenters. The number of carboxylic acid groups (broad SMARTS) is 2. The van der Waals surface area contributed by atoms with Gasteiger partial charge in [-0.2, -0.15) is 0 Å². The first kappa shape index (κ1) is 48.9. The zero-order valence-corrected chi connectivity index (χ0v) is 32.7. The van der Waals surface area contributed by atoms with E-state index in [1.165, 1.54) is 57.8 Å². The largest absolute Gasteiger partial charge is 0.481 e. The molecule has 5 N–H and O–H groups in total. The predicted molar refractivity (Wildman–Crippen MR) is 201 cm³/mol. The minimum atomic E-state index is -1.24. The number of carbonyl (C=O) groups is 6. The van der Waals surface area contributed by atoms with E-state index in [-0.39, 0.29) is 76.3 Å². The maximum atomic E-state index is 12.6. The maximum Gasteiger partial charge on any atom is 0.326 e. The molecule has 0 aliphatic rings. The number of rotatable bonds is 36. The standard InChI is InChI=1S/C39H71N3O10/c1-5-31(2)33(43)30-52-29-28-51-27-26-40-38(50)39(3,4)42-35(45)25-24-32(37(48)49)41-34(44)22-20-18-16-14-12-10-8-6-7-9-11-13-15-17-19-21-23-36(46)47/h31-32H,5-30H2,1-4H3,(H,40,50)(H,41,44)(H,42,45)(H,46,47)(H,48,49)/t31?,32-/m0/s1. The van der Waals surface area contributed by atoms with E-state index in [4.69, 9.17) is 14.6 Å². The van der Waals surface area contributed by atoms with Gasteiger partial charge in [0.2, 0.25) is 17.7 Å². The zero-order chi connectivity index (χ0) is 39.0. The van der Waals surface area contributed by atoms with E-state index in [0.717, 1.165) is 44.9 Å². The molecule has 0 radical (unpaired) electrons. The van der Waals surface area contributed by atoms with E-state index in [9.17, 15) is 33.9 Å². The summed E-state index contributed by atoms with van der Waals surface area (Å²) in [5.41, 5.74) is -1.24. The highest BCUT2D eigenvalue weighted by Crippen LogP contribution is 2.15. The van der Waals surface area contributed by atoms with Gasteiger partial charge in [-0.1, -0.05) is 104 Å². The molecule has 3 amide bonds. The van der Waals surface area contributed by atoms with Crippen LogP contribution in [0.25, 0.3) is 0 Å². The quantitative estimate of drug-likeness (QED) is 0.0468. The third-order valence-corrected chi connectivity index (χ3v) is 9.17. The van der Waals surface area contributed by atoms with Gasteiger partial charge in [0.1, 0.15) is 18.2 Å². The lowest BCUT2D eigenvalue weighted by atomic mass is 10.0. The highest BCUT2D eigenvalue weighted by molar-refractivity contribution is 5.91. The molecule has 302 valence electrons. The van der Waals surface area contributed by atoms with Crippen LogP contribution >= 0.6 is 0 Å². The first-order valence-corrected chi connectivity index (χ1v) is 19.8. The number of hydrogen-bond acceptors (Lipinski definition) is 8. The minimum Gasteiger partial charge on any atom is -0.481 e. The molecule has 0 fully saturated rings. The van der Waals surface area contributed by atoms with Crippen molar-refractivity contribution >= 4 is 35.4 Å². The summed E-state index contributed by atoms with van der Waals surface area (Å²) < 4.78 is 10.7. The molecule has 0 saturated carbocycles. The van der Waals surface area contributed by atoms with Gasteiger partial charge in [0.05, 0.1) is 19.8 Å². The first-order valence-electron chi connectivity index (χ1n) is 19.8. The second-order valence-electron chi connectivity index (χ2n) is 14.4. The van der Waals surface area contributed by atoms with Gasteiger partial charge < -0.3 is 35.6 Å². The van der Waals surface area contributed by atoms with E-state index in [0.29, 0.717) is 6.42 Å². The number of amides is 3. The van der Waals surface area contributed by atoms with Crippen molar-refractivity contribution in [1.29, 1.82) is 0 Å². The van der Waals surface area contributed by atoms with Crippen LogP contribution in [0.3, 0.4) is 0 Å². The van der Waals surface area contributed by atoms with Crippen molar-refractivity contribution in [3.8, 4) is 0 Å². The SMILES string of the molecule is CCC(C)C(=O)COCCOCCNC(=O)C(C)(C)NC(=O)CC[C@H](NC(=O)CCCCCCCCCCCCCCCCCCC(=O)O)C(=O)O. The van der Waals surface area contributed by atoms with Crippen LogP contribution in [0.5, 0.6) is 0 Å². The van der Waals surface area contributed by atoms with Crippen LogP contribution in [0.2, 0.25) is 0 Å². The molecule has 2 atom stereocenters. The molecular weight excluding hydrogens is 670 g/mol. The fourth-order valence-electron chi connectivity index (χ4n) is 5.52. The lowest BCUT2D eigenvalue weighted by Crippen LogP contribution is -2.55. The van der Waals surface area contributed by atoms with Crippen molar-refractivity contribution in [2.45, 2.75) is 174 Å². The molecule has 0 aromatic carbocycles. The second kappa shape index (κ2) is 31.5. The number of unbranched alkanes of at least 4 members (excludes halogenated alkanes) is 15. The molecule has 0 aromatic heterocycles. The van der Waals surface area contributed by atoms with Crippen LogP contribution < -0.4 is 16.0 Å². The third kappa shape index (κ3) is 28.5. The average molecular weight is 742 g/mol. The molecule has 0 spiro atoms. The van der Waals surface area contributed by atoms with Crippen LogP contribution in [0.4, 0.5) is 0 Å². The number of ether oxygens (including phenoxy) is 2. The van der Waals surface area contributed by atoms with E-state index in [1.807, 2.05) is 13.8 Å². The Balaban J connectivity index is 3.95. The Morgan fingerprint density at radius 3 is 1.60 bits per heavy atom. The Kier molecular flexibility index (Phi) is 29.6. The van der Waals surface area contributed by atoms with Crippen molar-refractivity contribution in [2.24, 2.45) is 5.92 Å². The Labute approximate surface area is 312 Å². The number of ketones is 1. The molecule has 13 nitrogen and oxygen atoms in total. The van der Waals surface area contributed by atoms with Gasteiger partial charge in [-0.3, -0.25) is 24.0 Å². The molecule has 0 rings (SSSR count). The molecular formula is C39H71N3O10. The van der Waals surface area contributed by atoms with Gasteiger partial charge in [-0.05, 0) is 39.5 Å². The molecule has 0 aliphatic heterocycles. The maximum absolute atomic E-state index is 12.6. The number of hydrogen-bond donors (Lipinski definition) is 5. The van der Waals surface area contributed by atoms with Crippen LogP contribution in [0, 0.1) is 5.92 Å². The molecule has 52 heavy (non-hydrogen) atoms. The van der Waals surface area contributed by atoms with Gasteiger partial charge in [0, 0.05) is 31.7 Å². The molecule has 0 saturated heterocycles. The summed E-state index contributed by atoms with van der Waals surface area (Å²) >= 11 is 0. The number of Topliss-reactive ketones (excluding diaryl/α,β-unsaturated/α-hetero) is 1. The topological polar surface area (TPSA) is 197 Å². The Bertz CT molecular complexity index is 1020. The van der Waals surface area contributed by atoms with E-state index in [2.05, 4.69) is 16.0 Å². The second-order valence-corrected chi connectivity index (χ2v) is 14.4. The third-order valence-electron chi connectivity index (χ3n) is 9.17. The van der Waals surface area contributed by atoms with Crippen molar-refractivity contribution in [1.82, 2.24) is 16.0 Å². The van der Waals surface area contributed by atoms with Gasteiger partial charge in [-0.15, -0.1) is 0 Å². The van der Waals surface area contributed by atoms with Crippen LogP contribution in [-0.2, 0) is 38.2 Å². The average Bonchev–Trinajstić information content (AvgIpc) is 3.09. The van der Waals surface area contributed by atoms with Gasteiger partial charge in [0.15, 0.2) is 5.78 Å². The lowest BCUT2D eigenvalue weighted by molar-refractivity contribution is -0.142. The number of carbonyl (C=O) groups excluding carboxylic acids is 4. The number of carboxylic acids is 2. The summed E-state index contributed by atoms with van der Waals surface area (Å²) in [4.78, 5) is 71.5. The van der Waals surface area contributed by atoms with Gasteiger partial charge >= 0.3 is 11.9 Å². The van der Waals surface area contributed by atoms with Crippen molar-refractivity contribution < 1.29 is 48.5 Å². The van der Waals surface area contributed by atoms with Gasteiger partial charge in [-0.25, -0.2) is 4.79 Å². The first-order chi connectivity index (χ1) is 24.8. The van der Waals surface area contributed by atoms with E-state index >= 15 is 0 Å². The normalized spacial score (nSPS) is 12.5. The highest BCUT2D eigenvalue weighted by atomic mass is 16.5. The van der Waals surface area contributed by atoms with Crippen LogP contribution in [0.1, 0.15) is 163 Å². The molecule has 0 bridgehead atoms. The molecule has 13 heteroatoms. The summed E-state index contributed by atoms with van der Waals surface area (Å²) in [5.74, 6) is -3.17. The van der Waals surface area contributed by atoms with Crippen LogP contribution in [-0.4, -0.2) is 90.2 Å². The van der Waals surface area contributed by atoms with Gasteiger partial charge in [0.25, 0.3) is 0 Å². The highest BCUT2D eigenvalue weighted by Gasteiger charge is 2.30. The Morgan fingerprint density at radius 1 is 0.635 bits per heavy atom. The van der Waals surface area contributed by atoms with E-state index < -0.39 is 35.3 Å². The molecule has 0 aromatic rings. The monoisotopic (exact) mass is 742 g/mol. The fourth-order valence-corrected chi connectivity index (χ4v) is 5.52. The van der Waals surface area contributed by atoms with Crippen LogP contribution in [0.15, 0.2) is 0 Å². The summed E-state index contributed by atoms with van der Waals surface area (Å²) in [6.45, 7) is 7.92. The van der Waals surface area contributed by atoms with Crippen molar-refractivity contribution in [3.05, 3.63) is 0 Å². The summed E-state index contributed by atoms with van der Waals surface area (Å²) in [7, 11) is 0. The Hall–Kier alpha value is -3.06. The fraction of sp³-hybridized carbons (Fsp3) is 0.846. The minimum absolute atomic E-state index is 0.0319. The van der Waals surface area contributed by atoms with E-state index in [1.54, 1.807) is 13.8 Å².